The molecule has 0 spiro atoms. The largest absolute Gasteiger partial charge is 0.384 e. The lowest BCUT2D eigenvalue weighted by Gasteiger charge is -2.00. The van der Waals surface area contributed by atoms with E-state index in [9.17, 15) is 4.39 Å². The molecule has 1 aromatic heterocycles. The minimum atomic E-state index is -0.199. The van der Waals surface area contributed by atoms with E-state index in [0.717, 1.165) is 16.6 Å². The zero-order valence-electron chi connectivity index (χ0n) is 10.8. The normalized spacial score (nSPS) is 10.8. The predicted molar refractivity (Wildman–Crippen MR) is 78.5 cm³/mol. The van der Waals surface area contributed by atoms with E-state index in [4.69, 9.17) is 11.1 Å². The smallest absolute Gasteiger partial charge is 0.126 e. The minimum absolute atomic E-state index is 0.0451. The third kappa shape index (κ3) is 2.28. The number of rotatable bonds is 3. The van der Waals surface area contributed by atoms with Crippen molar-refractivity contribution in [1.29, 1.82) is 5.41 Å². The molecule has 1 heterocycles. The van der Waals surface area contributed by atoms with Crippen LogP contribution in [0.5, 0.6) is 0 Å². The first-order chi connectivity index (χ1) is 9.63. The van der Waals surface area contributed by atoms with Crippen molar-refractivity contribution in [1.82, 2.24) is 4.98 Å². The van der Waals surface area contributed by atoms with E-state index in [1.165, 1.54) is 6.07 Å². The molecule has 4 heteroatoms. The van der Waals surface area contributed by atoms with Crippen LogP contribution in [0.25, 0.3) is 10.9 Å². The van der Waals surface area contributed by atoms with E-state index >= 15 is 0 Å². The van der Waals surface area contributed by atoms with Gasteiger partial charge in [0.25, 0.3) is 0 Å². The number of hydrogen-bond donors (Lipinski definition) is 3. The van der Waals surface area contributed by atoms with Crippen molar-refractivity contribution < 1.29 is 4.39 Å². The molecule has 4 N–H and O–H groups in total. The molecule has 0 bridgehead atoms. The molecule has 0 atom stereocenters. The van der Waals surface area contributed by atoms with Gasteiger partial charge in [-0.1, -0.05) is 18.2 Å². The zero-order chi connectivity index (χ0) is 14.1. The third-order valence-corrected chi connectivity index (χ3v) is 3.33. The van der Waals surface area contributed by atoms with Gasteiger partial charge in [0.2, 0.25) is 0 Å². The van der Waals surface area contributed by atoms with Gasteiger partial charge in [-0.3, -0.25) is 5.41 Å². The number of H-pyrrole nitrogens is 1. The molecular weight excluding hydrogens is 253 g/mol. The monoisotopic (exact) mass is 267 g/mol. The van der Waals surface area contributed by atoms with Crippen LogP contribution in [-0.4, -0.2) is 10.8 Å². The molecule has 0 aliphatic carbocycles. The van der Waals surface area contributed by atoms with Gasteiger partial charge in [-0.25, -0.2) is 4.39 Å². The van der Waals surface area contributed by atoms with Gasteiger partial charge in [0.05, 0.1) is 0 Å². The van der Waals surface area contributed by atoms with Crippen LogP contribution in [0.2, 0.25) is 0 Å². The number of nitrogens with one attached hydrogen (secondary N) is 2. The van der Waals surface area contributed by atoms with Gasteiger partial charge in [-0.2, -0.15) is 0 Å². The summed E-state index contributed by atoms with van der Waals surface area (Å²) in [6, 6.07) is 14.3. The van der Waals surface area contributed by atoms with Crippen LogP contribution in [0, 0.1) is 11.2 Å². The Morgan fingerprint density at radius 2 is 1.95 bits per heavy atom. The van der Waals surface area contributed by atoms with Gasteiger partial charge < -0.3 is 10.7 Å². The molecular formula is C16H14FN3. The van der Waals surface area contributed by atoms with E-state index < -0.39 is 0 Å². The lowest BCUT2D eigenvalue weighted by molar-refractivity contribution is 0.613. The Kier molecular flexibility index (Phi) is 2.99. The number of aromatic amines is 1. The number of nitrogen functional groups attached to an aromatic ring is 1. The van der Waals surface area contributed by atoms with Gasteiger partial charge in [0.15, 0.2) is 0 Å². The van der Waals surface area contributed by atoms with E-state index in [-0.39, 0.29) is 11.7 Å². The summed E-state index contributed by atoms with van der Waals surface area (Å²) in [6.45, 7) is 0. The van der Waals surface area contributed by atoms with Crippen molar-refractivity contribution in [3.8, 4) is 0 Å². The van der Waals surface area contributed by atoms with Crippen LogP contribution in [0.1, 0.15) is 16.8 Å². The molecule has 20 heavy (non-hydrogen) atoms. The Bertz CT molecular complexity index is 789. The molecule has 0 saturated heterocycles. The molecule has 0 radical (unpaired) electrons. The Morgan fingerprint density at radius 1 is 1.15 bits per heavy atom. The summed E-state index contributed by atoms with van der Waals surface area (Å²) >= 11 is 0. The summed E-state index contributed by atoms with van der Waals surface area (Å²) in [7, 11) is 0. The van der Waals surface area contributed by atoms with Crippen molar-refractivity contribution in [2.45, 2.75) is 6.42 Å². The molecule has 0 fully saturated rings. The van der Waals surface area contributed by atoms with Gasteiger partial charge in [0, 0.05) is 28.6 Å². The van der Waals surface area contributed by atoms with Crippen LogP contribution in [-0.2, 0) is 6.42 Å². The first kappa shape index (κ1) is 12.4. The number of nitrogens with two attached hydrogens (primary N) is 1. The van der Waals surface area contributed by atoms with Gasteiger partial charge in [0.1, 0.15) is 11.7 Å². The molecule has 0 saturated carbocycles. The number of benzene rings is 2. The maximum absolute atomic E-state index is 13.6. The third-order valence-electron chi connectivity index (χ3n) is 3.33. The van der Waals surface area contributed by atoms with E-state index in [1.54, 1.807) is 18.2 Å². The lowest BCUT2D eigenvalue weighted by atomic mass is 10.1. The maximum atomic E-state index is 13.6. The highest BCUT2D eigenvalue weighted by Gasteiger charge is 2.06. The van der Waals surface area contributed by atoms with Crippen molar-refractivity contribution in [2.75, 3.05) is 0 Å². The molecule has 3 aromatic rings. The number of halogens is 1. The molecule has 3 nitrogen and oxygen atoms in total. The Balaban J connectivity index is 1.97. The van der Waals surface area contributed by atoms with Crippen molar-refractivity contribution in [2.24, 2.45) is 5.73 Å². The van der Waals surface area contributed by atoms with Gasteiger partial charge in [-0.05, 0) is 35.9 Å². The van der Waals surface area contributed by atoms with E-state index in [1.807, 2.05) is 24.3 Å². The quantitative estimate of drug-likeness (QED) is 0.495. The molecule has 100 valence electrons. The number of hydrogen-bond acceptors (Lipinski definition) is 1. The highest BCUT2D eigenvalue weighted by Crippen LogP contribution is 2.20. The molecule has 3 rings (SSSR count). The second kappa shape index (κ2) is 4.81. The van der Waals surface area contributed by atoms with Crippen LogP contribution < -0.4 is 5.73 Å². The summed E-state index contributed by atoms with van der Waals surface area (Å²) in [4.78, 5) is 3.26. The first-order valence-corrected chi connectivity index (χ1v) is 6.33. The van der Waals surface area contributed by atoms with Crippen LogP contribution >= 0.6 is 0 Å². The van der Waals surface area contributed by atoms with Crippen molar-refractivity contribution in [3.63, 3.8) is 0 Å². The van der Waals surface area contributed by atoms with Gasteiger partial charge >= 0.3 is 0 Å². The van der Waals surface area contributed by atoms with Crippen LogP contribution in [0.3, 0.4) is 0 Å². The Labute approximate surface area is 115 Å². The topological polar surface area (TPSA) is 65.7 Å². The number of fused-ring (bicyclic) bond motifs is 1. The number of aromatic nitrogens is 1. The highest BCUT2D eigenvalue weighted by molar-refractivity contribution is 5.98. The molecule has 0 aliphatic rings. The van der Waals surface area contributed by atoms with Crippen molar-refractivity contribution >= 4 is 16.7 Å². The SMILES string of the molecule is N=C(N)c1ccc2[nH]c(Cc3ccccc3F)cc2c1. The fourth-order valence-corrected chi connectivity index (χ4v) is 2.30. The molecule has 0 unspecified atom stereocenters. The van der Waals surface area contributed by atoms with Crippen molar-refractivity contribution in [3.05, 3.63) is 71.2 Å². The molecule has 2 aromatic carbocycles. The second-order valence-electron chi connectivity index (χ2n) is 4.78. The fourth-order valence-electron chi connectivity index (χ4n) is 2.30. The summed E-state index contributed by atoms with van der Waals surface area (Å²) < 4.78 is 13.6. The molecule has 0 aliphatic heterocycles. The van der Waals surface area contributed by atoms with Gasteiger partial charge in [-0.15, -0.1) is 0 Å². The van der Waals surface area contributed by atoms with Crippen LogP contribution in [0.4, 0.5) is 4.39 Å². The minimum Gasteiger partial charge on any atom is -0.384 e. The molecule has 0 amide bonds. The summed E-state index contributed by atoms with van der Waals surface area (Å²) in [6.07, 6.45) is 0.511. The fraction of sp³-hybridized carbons (Fsp3) is 0.0625. The Morgan fingerprint density at radius 3 is 2.70 bits per heavy atom. The van der Waals surface area contributed by atoms with Crippen LogP contribution in [0.15, 0.2) is 48.5 Å². The van der Waals surface area contributed by atoms with E-state index in [2.05, 4.69) is 4.98 Å². The summed E-state index contributed by atoms with van der Waals surface area (Å²) in [5.41, 5.74) is 8.72. The summed E-state index contributed by atoms with van der Waals surface area (Å²) in [5.74, 6) is -0.153. The average molecular weight is 267 g/mol. The Hall–Kier alpha value is -2.62. The predicted octanol–water partition coefficient (Wildman–Crippen LogP) is 3.18. The first-order valence-electron chi connectivity index (χ1n) is 6.33. The summed E-state index contributed by atoms with van der Waals surface area (Å²) in [5, 5.41) is 8.42. The standard InChI is InChI=1S/C16H14FN3/c17-14-4-2-1-3-10(14)8-13-9-12-7-11(16(18)19)5-6-15(12)20-13/h1-7,9,20H,8H2,(H3,18,19). The van der Waals surface area contributed by atoms with E-state index in [0.29, 0.717) is 17.5 Å². The maximum Gasteiger partial charge on any atom is 0.126 e. The lowest BCUT2D eigenvalue weighted by Crippen LogP contribution is -2.10. The highest BCUT2D eigenvalue weighted by atomic mass is 19.1. The second-order valence-corrected chi connectivity index (χ2v) is 4.78. The average Bonchev–Trinajstić information content (AvgIpc) is 2.82. The zero-order valence-corrected chi connectivity index (χ0v) is 10.8. The number of amidine groups is 1.